The Morgan fingerprint density at radius 3 is 2.31 bits per heavy atom. The summed E-state index contributed by atoms with van der Waals surface area (Å²) in [6.45, 7) is 2.25. The molecule has 2 saturated carbocycles. The lowest BCUT2D eigenvalue weighted by Gasteiger charge is -2.60. The van der Waals surface area contributed by atoms with E-state index in [1.165, 1.54) is 19.3 Å². The molecule has 0 aromatic heterocycles. The zero-order chi connectivity index (χ0) is 9.10. The number of hydrogen-bond acceptors (Lipinski definition) is 3. The van der Waals surface area contributed by atoms with E-state index >= 15 is 0 Å². The first-order valence-electron chi connectivity index (χ1n) is 5.31. The van der Waals surface area contributed by atoms with Crippen molar-refractivity contribution < 1.29 is 4.74 Å². The molecule has 4 aliphatic rings. The van der Waals surface area contributed by atoms with Gasteiger partial charge in [0.1, 0.15) is 5.72 Å². The average molecular weight is 182 g/mol. The van der Waals surface area contributed by atoms with Crippen LogP contribution < -0.4 is 11.3 Å². The number of ether oxygens (including phenoxy) is 1. The summed E-state index contributed by atoms with van der Waals surface area (Å²) in [4.78, 5) is 0. The third-order valence-corrected chi connectivity index (χ3v) is 4.05. The second-order valence-corrected chi connectivity index (χ2v) is 5.47. The Balaban J connectivity index is 1.95. The highest BCUT2D eigenvalue weighted by molar-refractivity contribution is 5.04. The fourth-order valence-corrected chi connectivity index (χ4v) is 4.06. The highest BCUT2D eigenvalue weighted by atomic mass is 16.5. The maximum Gasteiger partial charge on any atom is 0.132 e. The summed E-state index contributed by atoms with van der Waals surface area (Å²) < 4.78 is 6.11. The molecule has 2 saturated heterocycles. The Morgan fingerprint density at radius 2 is 1.85 bits per heavy atom. The van der Waals surface area contributed by atoms with E-state index in [-0.39, 0.29) is 11.3 Å². The van der Waals surface area contributed by atoms with Crippen molar-refractivity contribution in [2.75, 3.05) is 0 Å². The summed E-state index contributed by atoms with van der Waals surface area (Å²) in [6, 6.07) is 0. The second kappa shape index (κ2) is 2.27. The molecule has 4 bridgehead atoms. The van der Waals surface area contributed by atoms with Crippen LogP contribution in [0.25, 0.3) is 0 Å². The third-order valence-electron chi connectivity index (χ3n) is 4.05. The molecule has 4 rings (SSSR count). The van der Waals surface area contributed by atoms with Crippen LogP contribution in [0.4, 0.5) is 0 Å². The van der Waals surface area contributed by atoms with Crippen molar-refractivity contribution in [3.63, 3.8) is 0 Å². The lowest BCUT2D eigenvalue weighted by Crippen LogP contribution is -2.67. The number of nitrogens with one attached hydrogen (secondary N) is 1. The first-order valence-corrected chi connectivity index (χ1v) is 5.31. The maximum atomic E-state index is 6.11. The summed E-state index contributed by atoms with van der Waals surface area (Å²) in [5.74, 6) is 7.31. The number of nitrogens with two attached hydrogens (primary N) is 1. The predicted molar refractivity (Wildman–Crippen MR) is 49.6 cm³/mol. The lowest BCUT2D eigenvalue weighted by atomic mass is 9.61. The van der Waals surface area contributed by atoms with Gasteiger partial charge in [0.2, 0.25) is 0 Å². The van der Waals surface area contributed by atoms with Crippen molar-refractivity contribution in [2.45, 2.75) is 50.4 Å². The van der Waals surface area contributed by atoms with E-state index in [0.29, 0.717) is 0 Å². The van der Waals surface area contributed by atoms with Crippen molar-refractivity contribution in [3.8, 4) is 0 Å². The van der Waals surface area contributed by atoms with Crippen LogP contribution in [0.15, 0.2) is 0 Å². The molecule has 4 fully saturated rings. The summed E-state index contributed by atoms with van der Waals surface area (Å²) in [5, 5.41) is 0. The molecule has 3 nitrogen and oxygen atoms in total. The first-order chi connectivity index (χ1) is 6.13. The Hall–Kier alpha value is -0.120. The van der Waals surface area contributed by atoms with E-state index < -0.39 is 0 Å². The smallest absolute Gasteiger partial charge is 0.132 e. The fraction of sp³-hybridized carbons (Fsp3) is 1.00. The van der Waals surface area contributed by atoms with Crippen molar-refractivity contribution in [1.29, 1.82) is 0 Å². The van der Waals surface area contributed by atoms with Crippen LogP contribution in [0, 0.1) is 11.8 Å². The van der Waals surface area contributed by atoms with Crippen LogP contribution in [0.3, 0.4) is 0 Å². The number of hydrogen-bond donors (Lipinski definition) is 2. The SMILES string of the molecule is CC12CC3CC(C1)CC(NN)(C3)O2. The molecule has 2 aliphatic heterocycles. The monoisotopic (exact) mass is 182 g/mol. The standard InChI is InChI=1S/C10H18N2O/c1-9-3-7-2-8(4-9)6-10(5-7,12-11)13-9/h7-8,12H,2-6,11H2,1H3. The van der Waals surface area contributed by atoms with Crippen molar-refractivity contribution >= 4 is 0 Å². The Labute approximate surface area is 79.0 Å². The fourth-order valence-electron chi connectivity index (χ4n) is 4.06. The second-order valence-electron chi connectivity index (χ2n) is 5.47. The molecule has 3 N–H and O–H groups in total. The van der Waals surface area contributed by atoms with E-state index in [1.807, 2.05) is 0 Å². The maximum absolute atomic E-state index is 6.11. The Kier molecular flexibility index (Phi) is 1.43. The highest BCUT2D eigenvalue weighted by Gasteiger charge is 2.56. The van der Waals surface area contributed by atoms with Gasteiger partial charge in [-0.2, -0.15) is 0 Å². The van der Waals surface area contributed by atoms with Crippen LogP contribution in [0.5, 0.6) is 0 Å². The highest BCUT2D eigenvalue weighted by Crippen LogP contribution is 2.56. The molecular formula is C10H18N2O. The van der Waals surface area contributed by atoms with Crippen LogP contribution in [-0.4, -0.2) is 11.3 Å². The summed E-state index contributed by atoms with van der Waals surface area (Å²) in [7, 11) is 0. The molecule has 0 spiro atoms. The molecule has 2 aliphatic carbocycles. The zero-order valence-corrected chi connectivity index (χ0v) is 8.18. The van der Waals surface area contributed by atoms with Crippen molar-refractivity contribution in [1.82, 2.24) is 5.43 Å². The van der Waals surface area contributed by atoms with Gasteiger partial charge in [-0.3, -0.25) is 5.84 Å². The summed E-state index contributed by atoms with van der Waals surface area (Å²) in [5.41, 5.74) is 2.87. The molecular weight excluding hydrogens is 164 g/mol. The molecule has 2 heterocycles. The van der Waals surface area contributed by atoms with Gasteiger partial charge in [-0.1, -0.05) is 0 Å². The van der Waals surface area contributed by atoms with Gasteiger partial charge in [0, 0.05) is 0 Å². The number of hydrazine groups is 1. The van der Waals surface area contributed by atoms with Crippen LogP contribution in [0.2, 0.25) is 0 Å². The largest absolute Gasteiger partial charge is 0.353 e. The van der Waals surface area contributed by atoms with Gasteiger partial charge in [-0.05, 0) is 50.9 Å². The topological polar surface area (TPSA) is 47.3 Å². The minimum Gasteiger partial charge on any atom is -0.353 e. The van der Waals surface area contributed by atoms with Crippen LogP contribution in [0.1, 0.15) is 39.0 Å². The quantitative estimate of drug-likeness (QED) is 0.472. The van der Waals surface area contributed by atoms with Crippen molar-refractivity contribution in [2.24, 2.45) is 17.7 Å². The molecule has 13 heavy (non-hydrogen) atoms. The minimum atomic E-state index is -0.168. The van der Waals surface area contributed by atoms with Gasteiger partial charge >= 0.3 is 0 Å². The molecule has 74 valence electrons. The molecule has 0 amide bonds. The van der Waals surface area contributed by atoms with E-state index in [0.717, 1.165) is 24.7 Å². The molecule has 2 atom stereocenters. The van der Waals surface area contributed by atoms with Gasteiger partial charge in [0.25, 0.3) is 0 Å². The zero-order valence-electron chi connectivity index (χ0n) is 8.18. The average Bonchev–Trinajstić information content (AvgIpc) is 1.99. The normalized spacial score (nSPS) is 58.6. The molecule has 2 unspecified atom stereocenters. The van der Waals surface area contributed by atoms with E-state index in [4.69, 9.17) is 10.6 Å². The summed E-state index contributed by atoms with van der Waals surface area (Å²) in [6.07, 6.45) is 6.13. The van der Waals surface area contributed by atoms with Gasteiger partial charge in [0.05, 0.1) is 5.60 Å². The molecule has 0 aromatic rings. The van der Waals surface area contributed by atoms with Gasteiger partial charge < -0.3 is 4.74 Å². The molecule has 0 radical (unpaired) electrons. The van der Waals surface area contributed by atoms with Gasteiger partial charge in [-0.25, -0.2) is 5.43 Å². The molecule has 3 heteroatoms. The van der Waals surface area contributed by atoms with Gasteiger partial charge in [-0.15, -0.1) is 0 Å². The van der Waals surface area contributed by atoms with E-state index in [9.17, 15) is 0 Å². The third kappa shape index (κ3) is 1.07. The Morgan fingerprint density at radius 1 is 1.23 bits per heavy atom. The number of rotatable bonds is 1. The molecule has 0 aromatic carbocycles. The lowest BCUT2D eigenvalue weighted by molar-refractivity contribution is -0.279. The van der Waals surface area contributed by atoms with Crippen LogP contribution >= 0.6 is 0 Å². The minimum absolute atomic E-state index is 0.121. The van der Waals surface area contributed by atoms with Gasteiger partial charge in [0.15, 0.2) is 0 Å². The van der Waals surface area contributed by atoms with Crippen LogP contribution in [-0.2, 0) is 4.74 Å². The summed E-state index contributed by atoms with van der Waals surface area (Å²) >= 11 is 0. The predicted octanol–water partition coefficient (Wildman–Crippen LogP) is 1.15. The first kappa shape index (κ1) is 8.21. The van der Waals surface area contributed by atoms with Crippen molar-refractivity contribution in [3.05, 3.63) is 0 Å². The van der Waals surface area contributed by atoms with E-state index in [2.05, 4.69) is 12.3 Å². The Bertz CT molecular complexity index is 227. The van der Waals surface area contributed by atoms with E-state index in [1.54, 1.807) is 0 Å².